The third-order valence-corrected chi connectivity index (χ3v) is 8.41. The highest BCUT2D eigenvalue weighted by Gasteiger charge is 2.49. The fraction of sp³-hybridized carbons (Fsp3) is 0.600. The number of aromatic nitrogens is 2. The van der Waals surface area contributed by atoms with Crippen LogP contribution in [-0.2, 0) is 9.71 Å². The monoisotopic (exact) mass is 409 g/mol. The smallest absolute Gasteiger partial charge is 0.0864 e. The first-order valence-electron chi connectivity index (χ1n) is 9.50. The standard InChI is InChI=1S/C20H28ClN3O2S/c1-20(2,13-8-15-5-6-16(9-13)24(15)27(3,4)26)19(25)17-10-14(21)7-12-11-22-23-18(12)17/h7,10-11,13,15-16,19,25H,3,5-6,8-9H2,1-2,4H3,(H,22,23)/t13?,15-,16+,19?,27?. The summed E-state index contributed by atoms with van der Waals surface area (Å²) in [4.78, 5) is 0. The first kappa shape index (κ1) is 19.2. The number of aliphatic hydroxyl groups is 1. The lowest BCUT2D eigenvalue weighted by Gasteiger charge is -2.47. The molecule has 2 bridgehead atoms. The fourth-order valence-electron chi connectivity index (χ4n) is 5.26. The summed E-state index contributed by atoms with van der Waals surface area (Å²) in [7, 11) is -2.19. The van der Waals surface area contributed by atoms with Crippen LogP contribution in [0, 0.1) is 11.3 Å². The van der Waals surface area contributed by atoms with Gasteiger partial charge in [-0.15, -0.1) is 0 Å². The van der Waals surface area contributed by atoms with Gasteiger partial charge in [0.2, 0.25) is 0 Å². The average Bonchev–Trinajstić information content (AvgIpc) is 3.15. The lowest BCUT2D eigenvalue weighted by molar-refractivity contribution is -0.0217. The van der Waals surface area contributed by atoms with Crippen molar-refractivity contribution >= 4 is 38.1 Å². The molecule has 1 aromatic heterocycles. The Balaban J connectivity index is 1.65. The van der Waals surface area contributed by atoms with Crippen LogP contribution in [0.5, 0.6) is 0 Å². The molecule has 0 amide bonds. The molecule has 2 aliphatic rings. The largest absolute Gasteiger partial charge is 0.388 e. The second kappa shape index (κ2) is 6.48. The molecular formula is C20H28ClN3O2S. The topological polar surface area (TPSA) is 69.2 Å². The minimum atomic E-state index is -2.19. The van der Waals surface area contributed by atoms with Crippen molar-refractivity contribution in [2.75, 3.05) is 6.26 Å². The minimum absolute atomic E-state index is 0.293. The van der Waals surface area contributed by atoms with Crippen molar-refractivity contribution in [2.45, 2.75) is 57.7 Å². The number of nitrogens with one attached hydrogen (secondary N) is 1. The van der Waals surface area contributed by atoms with Crippen LogP contribution in [0.4, 0.5) is 0 Å². The molecule has 4 rings (SSSR count). The molecule has 2 saturated heterocycles. The van der Waals surface area contributed by atoms with Gasteiger partial charge < -0.3 is 5.11 Å². The number of hydrogen-bond donors (Lipinski definition) is 2. The van der Waals surface area contributed by atoms with Crippen molar-refractivity contribution in [3.05, 3.63) is 28.9 Å². The van der Waals surface area contributed by atoms with Crippen molar-refractivity contribution < 1.29 is 9.32 Å². The van der Waals surface area contributed by atoms with Crippen molar-refractivity contribution in [1.82, 2.24) is 14.5 Å². The highest BCUT2D eigenvalue weighted by molar-refractivity contribution is 7.97. The first-order valence-corrected chi connectivity index (χ1v) is 12.0. The summed E-state index contributed by atoms with van der Waals surface area (Å²) in [5, 5.41) is 20.0. The van der Waals surface area contributed by atoms with Crippen LogP contribution in [-0.4, -0.2) is 48.0 Å². The van der Waals surface area contributed by atoms with Gasteiger partial charge in [-0.05, 0) is 55.0 Å². The number of halogens is 1. The van der Waals surface area contributed by atoms with E-state index in [1.54, 1.807) is 12.5 Å². The molecule has 2 N–H and O–H groups in total. The summed E-state index contributed by atoms with van der Waals surface area (Å²) in [5.41, 5.74) is 1.30. The third-order valence-electron chi connectivity index (χ3n) is 6.71. The number of aromatic amines is 1. The average molecular weight is 410 g/mol. The third kappa shape index (κ3) is 3.20. The van der Waals surface area contributed by atoms with Gasteiger partial charge in [-0.2, -0.15) is 5.10 Å². The highest BCUT2D eigenvalue weighted by Crippen LogP contribution is 2.51. The molecule has 2 aromatic rings. The van der Waals surface area contributed by atoms with E-state index in [9.17, 15) is 9.32 Å². The zero-order valence-electron chi connectivity index (χ0n) is 16.1. The van der Waals surface area contributed by atoms with E-state index >= 15 is 0 Å². The number of aliphatic hydroxyl groups excluding tert-OH is 1. The lowest BCUT2D eigenvalue weighted by atomic mass is 9.67. The van der Waals surface area contributed by atoms with E-state index in [-0.39, 0.29) is 5.41 Å². The lowest BCUT2D eigenvalue weighted by Crippen LogP contribution is -2.49. The molecule has 7 heteroatoms. The quantitative estimate of drug-likeness (QED) is 0.755. The molecule has 5 atom stereocenters. The summed E-state index contributed by atoms with van der Waals surface area (Å²) in [6.07, 6.45) is 6.82. The van der Waals surface area contributed by atoms with Crippen LogP contribution in [0.3, 0.4) is 0 Å². The minimum Gasteiger partial charge on any atom is -0.388 e. The van der Waals surface area contributed by atoms with E-state index in [1.165, 1.54) is 0 Å². The number of H-pyrrole nitrogens is 1. The molecule has 0 spiro atoms. The number of hydrogen-bond acceptors (Lipinski definition) is 3. The molecular weight excluding hydrogens is 382 g/mol. The molecule has 5 nitrogen and oxygen atoms in total. The Morgan fingerprint density at radius 2 is 2.00 bits per heavy atom. The molecule has 2 aliphatic heterocycles. The predicted molar refractivity (Wildman–Crippen MR) is 112 cm³/mol. The number of piperidine rings is 1. The maximum absolute atomic E-state index is 12.6. The number of fused-ring (bicyclic) bond motifs is 3. The van der Waals surface area contributed by atoms with Crippen LogP contribution in [0.2, 0.25) is 5.02 Å². The summed E-state index contributed by atoms with van der Waals surface area (Å²) in [6.45, 7) is 4.27. The zero-order valence-corrected chi connectivity index (χ0v) is 17.7. The molecule has 27 heavy (non-hydrogen) atoms. The Bertz CT molecular complexity index is 955. The van der Waals surface area contributed by atoms with Gasteiger partial charge in [0.1, 0.15) is 0 Å². The molecule has 3 heterocycles. The van der Waals surface area contributed by atoms with Crippen LogP contribution < -0.4 is 0 Å². The summed E-state index contributed by atoms with van der Waals surface area (Å²) in [6, 6.07) is 4.28. The van der Waals surface area contributed by atoms with Crippen molar-refractivity contribution in [3.8, 4) is 0 Å². The van der Waals surface area contributed by atoms with Crippen molar-refractivity contribution in [3.63, 3.8) is 0 Å². The van der Waals surface area contributed by atoms with Gasteiger partial charge in [0.05, 0.1) is 17.8 Å². The zero-order chi connectivity index (χ0) is 19.6. The van der Waals surface area contributed by atoms with Crippen LogP contribution in [0.25, 0.3) is 10.9 Å². The van der Waals surface area contributed by atoms with Gasteiger partial charge in [0, 0.05) is 44.0 Å². The van der Waals surface area contributed by atoms with Crippen LogP contribution >= 0.6 is 11.6 Å². The van der Waals surface area contributed by atoms with Crippen molar-refractivity contribution in [1.29, 1.82) is 0 Å². The van der Waals surface area contributed by atoms with E-state index in [0.717, 1.165) is 42.1 Å². The van der Waals surface area contributed by atoms with Gasteiger partial charge in [-0.3, -0.25) is 9.31 Å². The van der Waals surface area contributed by atoms with E-state index in [0.29, 0.717) is 23.0 Å². The Morgan fingerprint density at radius 1 is 1.37 bits per heavy atom. The van der Waals surface area contributed by atoms with Crippen molar-refractivity contribution in [2.24, 2.45) is 11.3 Å². The van der Waals surface area contributed by atoms with E-state index in [4.69, 9.17) is 11.6 Å². The van der Waals surface area contributed by atoms with E-state index in [2.05, 4.69) is 34.2 Å². The second-order valence-corrected chi connectivity index (χ2v) is 11.7. The number of benzene rings is 1. The number of rotatable bonds is 4. The van der Waals surface area contributed by atoms with Gasteiger partial charge in [0.15, 0.2) is 0 Å². The summed E-state index contributed by atoms with van der Waals surface area (Å²) in [5.74, 6) is 4.25. The van der Waals surface area contributed by atoms with Gasteiger partial charge >= 0.3 is 0 Å². The highest BCUT2D eigenvalue weighted by atomic mass is 35.5. The maximum atomic E-state index is 12.6. The summed E-state index contributed by atoms with van der Waals surface area (Å²) >= 11 is 6.29. The Kier molecular flexibility index (Phi) is 4.62. The van der Waals surface area contributed by atoms with Crippen LogP contribution in [0.15, 0.2) is 18.3 Å². The predicted octanol–water partition coefficient (Wildman–Crippen LogP) is 3.78. The molecule has 3 unspecified atom stereocenters. The SMILES string of the molecule is C=S(C)(=O)N1[C@@H]2CC[C@H]1CC(C(C)(C)C(O)c1cc(Cl)cc3cn[nH]c13)C2. The van der Waals surface area contributed by atoms with Crippen LogP contribution in [0.1, 0.15) is 51.2 Å². The summed E-state index contributed by atoms with van der Waals surface area (Å²) < 4.78 is 14.8. The van der Waals surface area contributed by atoms with Gasteiger partial charge in [-0.25, -0.2) is 4.31 Å². The molecule has 2 fully saturated rings. The molecule has 0 radical (unpaired) electrons. The Labute approximate surface area is 166 Å². The molecule has 0 saturated carbocycles. The molecule has 0 aliphatic carbocycles. The Hall–Kier alpha value is -1.08. The van der Waals surface area contributed by atoms with E-state index < -0.39 is 15.8 Å². The first-order chi connectivity index (χ1) is 12.6. The number of nitrogens with zero attached hydrogens (tertiary/aromatic N) is 2. The molecule has 1 aromatic carbocycles. The van der Waals surface area contributed by atoms with Gasteiger partial charge in [0.25, 0.3) is 0 Å². The fourth-order valence-corrected chi connectivity index (χ4v) is 7.14. The normalized spacial score (nSPS) is 29.7. The molecule has 148 valence electrons. The second-order valence-electron chi connectivity index (χ2n) is 8.93. The maximum Gasteiger partial charge on any atom is 0.0864 e. The van der Waals surface area contributed by atoms with E-state index in [1.807, 2.05) is 12.1 Å². The Morgan fingerprint density at radius 3 is 2.59 bits per heavy atom. The van der Waals surface area contributed by atoms with Gasteiger partial charge in [-0.1, -0.05) is 25.4 Å².